The van der Waals surface area contributed by atoms with Gasteiger partial charge in [0.05, 0.1) is 9.79 Å². The quantitative estimate of drug-likeness (QED) is 0.519. The maximum Gasteiger partial charge on any atom is 0.305 e. The van der Waals surface area contributed by atoms with Gasteiger partial charge in [0.15, 0.2) is 0 Å². The molecule has 8 nitrogen and oxygen atoms in total. The molecule has 0 saturated carbocycles. The van der Waals surface area contributed by atoms with Crippen molar-refractivity contribution >= 4 is 41.5 Å². The van der Waals surface area contributed by atoms with Crippen molar-refractivity contribution in [1.29, 1.82) is 0 Å². The van der Waals surface area contributed by atoms with Crippen molar-refractivity contribution in [3.05, 3.63) is 62.1 Å². The molecule has 0 heterocycles. The number of hydrogen-bond donors (Lipinski definition) is 1. The minimum absolute atomic E-state index is 0.0426. The number of hydrogen-bond acceptors (Lipinski definition) is 6. The fraction of sp³-hybridized carbons (Fsp3) is 0.200. The molecule has 0 radical (unpaired) electrons. The van der Waals surface area contributed by atoms with Gasteiger partial charge >= 0.3 is 5.88 Å². The Morgan fingerprint density at radius 1 is 1.04 bits per heavy atom. The van der Waals surface area contributed by atoms with Gasteiger partial charge in [0, 0.05) is 15.1 Å². The van der Waals surface area contributed by atoms with Crippen LogP contribution >= 0.6 is 15.9 Å². The first-order chi connectivity index (χ1) is 11.9. The van der Waals surface area contributed by atoms with Crippen LogP contribution in [0.5, 0.6) is 0 Å². The Morgan fingerprint density at radius 2 is 1.54 bits per heavy atom. The lowest BCUT2D eigenvalue weighted by Gasteiger charge is -2.13. The van der Waals surface area contributed by atoms with E-state index in [2.05, 4.69) is 20.7 Å². The van der Waals surface area contributed by atoms with Gasteiger partial charge < -0.3 is 0 Å². The van der Waals surface area contributed by atoms with E-state index in [1.54, 1.807) is 12.1 Å². The van der Waals surface area contributed by atoms with E-state index in [9.17, 15) is 26.9 Å². The lowest BCUT2D eigenvalue weighted by Crippen LogP contribution is -2.18. The highest BCUT2D eigenvalue weighted by atomic mass is 79.9. The number of nitrogens with zero attached hydrogens (tertiary/aromatic N) is 1. The molecule has 0 spiro atoms. The van der Waals surface area contributed by atoms with E-state index in [4.69, 9.17) is 0 Å². The highest BCUT2D eigenvalue weighted by Gasteiger charge is 2.26. The second-order valence-electron chi connectivity index (χ2n) is 5.58. The van der Waals surface area contributed by atoms with Crippen molar-refractivity contribution in [3.63, 3.8) is 0 Å². The predicted octanol–water partition coefficient (Wildman–Crippen LogP) is 2.87. The molecule has 2 rings (SSSR count). The highest BCUT2D eigenvalue weighted by molar-refractivity contribution is 9.10. The fourth-order valence-corrected chi connectivity index (χ4v) is 5.34. The molecule has 2 aromatic carbocycles. The molecular formula is C15H15BrN2O6S2. The standard InChI is InChI=1S/C15H15BrN2O6S2/c1-10-7-13(8-11(2)15(10)25(21,22)9-18(19)20)17-26(23,24)14-5-3-12(16)4-6-14/h3-8,17H,9H2,1-2H3. The van der Waals surface area contributed by atoms with Crippen LogP contribution in [-0.4, -0.2) is 27.6 Å². The molecule has 0 aliphatic heterocycles. The summed E-state index contributed by atoms with van der Waals surface area (Å²) in [4.78, 5) is 9.54. The molecule has 0 aliphatic rings. The van der Waals surface area contributed by atoms with Crippen LogP contribution in [0.1, 0.15) is 11.1 Å². The number of nitrogens with one attached hydrogen (secondary N) is 1. The third kappa shape index (κ3) is 4.59. The van der Waals surface area contributed by atoms with Gasteiger partial charge in [-0.15, -0.1) is 0 Å². The highest BCUT2D eigenvalue weighted by Crippen LogP contribution is 2.27. The molecule has 140 valence electrons. The first kappa shape index (κ1) is 20.3. The van der Waals surface area contributed by atoms with Crippen molar-refractivity contribution < 1.29 is 21.8 Å². The Morgan fingerprint density at radius 3 is 2.00 bits per heavy atom. The van der Waals surface area contributed by atoms with Gasteiger partial charge in [0.1, 0.15) is 0 Å². The van der Waals surface area contributed by atoms with Crippen LogP contribution in [0.25, 0.3) is 0 Å². The smallest absolute Gasteiger partial charge is 0.280 e. The Kier molecular flexibility index (Phi) is 5.73. The van der Waals surface area contributed by atoms with Crippen molar-refractivity contribution in [2.24, 2.45) is 0 Å². The molecule has 0 aromatic heterocycles. The summed E-state index contributed by atoms with van der Waals surface area (Å²) in [6.07, 6.45) is 0. The third-order valence-corrected chi connectivity index (χ3v) is 7.17. The van der Waals surface area contributed by atoms with Crippen LogP contribution < -0.4 is 4.72 Å². The molecule has 0 unspecified atom stereocenters. The molecule has 0 atom stereocenters. The number of sulfonamides is 1. The lowest BCUT2D eigenvalue weighted by atomic mass is 10.1. The summed E-state index contributed by atoms with van der Waals surface area (Å²) >= 11 is 3.22. The Balaban J connectivity index is 2.42. The summed E-state index contributed by atoms with van der Waals surface area (Å²) in [6, 6.07) is 8.66. The number of rotatable bonds is 6. The summed E-state index contributed by atoms with van der Waals surface area (Å²) in [5, 5.41) is 10.6. The van der Waals surface area contributed by atoms with Crippen molar-refractivity contribution in [2.75, 3.05) is 10.6 Å². The molecular weight excluding hydrogens is 448 g/mol. The van der Waals surface area contributed by atoms with Crippen LogP contribution in [0.4, 0.5) is 5.69 Å². The van der Waals surface area contributed by atoms with Crippen molar-refractivity contribution in [1.82, 2.24) is 0 Å². The predicted molar refractivity (Wildman–Crippen MR) is 99.9 cm³/mol. The second-order valence-corrected chi connectivity index (χ2v) is 10.1. The van der Waals surface area contributed by atoms with Crippen LogP contribution in [0.15, 0.2) is 50.7 Å². The molecule has 0 saturated heterocycles. The lowest BCUT2D eigenvalue weighted by molar-refractivity contribution is -0.458. The first-order valence-electron chi connectivity index (χ1n) is 7.16. The number of halogens is 1. The van der Waals surface area contributed by atoms with E-state index in [0.29, 0.717) is 0 Å². The van der Waals surface area contributed by atoms with Gasteiger partial charge in [-0.2, -0.15) is 0 Å². The van der Waals surface area contributed by atoms with Crippen molar-refractivity contribution in [2.45, 2.75) is 23.6 Å². The van der Waals surface area contributed by atoms with Gasteiger partial charge in [0.25, 0.3) is 10.0 Å². The van der Waals surface area contributed by atoms with Crippen LogP contribution in [0.3, 0.4) is 0 Å². The van der Waals surface area contributed by atoms with E-state index < -0.39 is 30.7 Å². The number of aryl methyl sites for hydroxylation is 2. The average Bonchev–Trinajstić information content (AvgIpc) is 2.44. The van der Waals surface area contributed by atoms with Crippen molar-refractivity contribution in [3.8, 4) is 0 Å². The normalized spacial score (nSPS) is 12.0. The fourth-order valence-electron chi connectivity index (χ4n) is 2.53. The summed E-state index contributed by atoms with van der Waals surface area (Å²) in [7, 11) is -7.98. The topological polar surface area (TPSA) is 123 Å². The summed E-state index contributed by atoms with van der Waals surface area (Å²) < 4.78 is 52.3. The van der Waals surface area contributed by atoms with E-state index in [1.807, 2.05) is 0 Å². The zero-order chi connectivity index (χ0) is 19.7. The summed E-state index contributed by atoms with van der Waals surface area (Å²) in [5.74, 6) is -1.22. The van der Waals surface area contributed by atoms with Crippen LogP contribution in [0.2, 0.25) is 0 Å². The van der Waals surface area contributed by atoms with Gasteiger partial charge in [-0.05, 0) is 61.4 Å². The molecule has 0 fully saturated rings. The molecule has 11 heteroatoms. The zero-order valence-corrected chi connectivity index (χ0v) is 17.0. The summed E-state index contributed by atoms with van der Waals surface area (Å²) in [5.41, 5.74) is 0.615. The zero-order valence-electron chi connectivity index (χ0n) is 13.8. The maximum atomic E-state index is 12.4. The van der Waals surface area contributed by atoms with E-state index in [-0.39, 0.29) is 26.6 Å². The second kappa shape index (κ2) is 7.33. The Bertz CT molecular complexity index is 1040. The summed E-state index contributed by atoms with van der Waals surface area (Å²) in [6.45, 7) is 2.91. The maximum absolute atomic E-state index is 12.4. The minimum atomic E-state index is -4.12. The number of anilines is 1. The Hall–Kier alpha value is -1.98. The van der Waals surface area contributed by atoms with Gasteiger partial charge in [-0.1, -0.05) is 15.9 Å². The monoisotopic (exact) mass is 462 g/mol. The third-order valence-electron chi connectivity index (χ3n) is 3.42. The minimum Gasteiger partial charge on any atom is -0.280 e. The first-order valence-corrected chi connectivity index (χ1v) is 11.1. The molecule has 1 N–H and O–H groups in total. The van der Waals surface area contributed by atoms with Gasteiger partial charge in [-0.3, -0.25) is 14.8 Å². The van der Waals surface area contributed by atoms with Crippen LogP contribution in [0, 0.1) is 24.0 Å². The molecule has 2 aromatic rings. The SMILES string of the molecule is Cc1cc(NS(=O)(=O)c2ccc(Br)cc2)cc(C)c1S(=O)(=O)C[N+](=O)[O-]. The van der Waals surface area contributed by atoms with E-state index in [0.717, 1.165) is 4.47 Å². The molecule has 0 aliphatic carbocycles. The van der Waals surface area contributed by atoms with E-state index >= 15 is 0 Å². The number of nitro groups is 1. The van der Waals surface area contributed by atoms with Gasteiger partial charge in [0.2, 0.25) is 9.84 Å². The molecule has 0 amide bonds. The number of sulfone groups is 1. The van der Waals surface area contributed by atoms with Crippen LogP contribution in [-0.2, 0) is 19.9 Å². The molecule has 0 bridgehead atoms. The largest absolute Gasteiger partial charge is 0.305 e. The van der Waals surface area contributed by atoms with E-state index in [1.165, 1.54) is 38.1 Å². The van der Waals surface area contributed by atoms with Gasteiger partial charge in [-0.25, -0.2) is 16.8 Å². The Labute approximate surface area is 159 Å². The average molecular weight is 463 g/mol. The number of benzene rings is 2. The molecule has 26 heavy (non-hydrogen) atoms.